The van der Waals surface area contributed by atoms with Gasteiger partial charge in [-0.15, -0.1) is 6.58 Å². The Balaban J connectivity index is 2.67. The lowest BCUT2D eigenvalue weighted by Gasteiger charge is -2.06. The van der Waals surface area contributed by atoms with Crippen LogP contribution >= 0.6 is 0 Å². The number of quaternary nitrogens is 1. The summed E-state index contributed by atoms with van der Waals surface area (Å²) in [6.45, 7) is 5.33. The summed E-state index contributed by atoms with van der Waals surface area (Å²) in [5.74, 6) is 0.690. The minimum atomic E-state index is -0.123. The van der Waals surface area contributed by atoms with Gasteiger partial charge in [0.2, 0.25) is 0 Å². The second-order valence-electron chi connectivity index (χ2n) is 2.93. The van der Waals surface area contributed by atoms with Crippen LogP contribution in [0, 0.1) is 5.92 Å². The van der Waals surface area contributed by atoms with E-state index in [1.54, 1.807) is 6.92 Å². The van der Waals surface area contributed by atoms with Crippen molar-refractivity contribution in [3.8, 4) is 0 Å². The first-order valence-corrected chi connectivity index (χ1v) is 3.61. The van der Waals surface area contributed by atoms with Gasteiger partial charge in [0.05, 0.1) is 7.05 Å². The van der Waals surface area contributed by atoms with E-state index in [9.17, 15) is 4.79 Å². The molecule has 1 rings (SSSR count). The Morgan fingerprint density at radius 1 is 1.90 bits per heavy atom. The largest absolute Gasteiger partial charge is 0.337 e. The number of carbonyl (C=O) groups is 1. The molecule has 1 fully saturated rings. The lowest BCUT2D eigenvalue weighted by Crippen LogP contribution is -2.91. The Hall–Kier alpha value is -0.630. The van der Waals surface area contributed by atoms with Crippen LogP contribution in [0.15, 0.2) is 12.7 Å². The molecule has 56 valence electrons. The predicted molar refractivity (Wildman–Crippen MR) is 39.6 cm³/mol. The number of hydrogen-bond acceptors (Lipinski definition) is 1. The van der Waals surface area contributed by atoms with Crippen molar-refractivity contribution < 1.29 is 10.1 Å². The summed E-state index contributed by atoms with van der Waals surface area (Å²) in [5.41, 5.74) is -0.123. The molecule has 0 aromatic heterocycles. The summed E-state index contributed by atoms with van der Waals surface area (Å²) in [6.07, 6.45) is 2.85. The molecule has 10 heavy (non-hydrogen) atoms. The van der Waals surface area contributed by atoms with Crippen molar-refractivity contribution in [2.75, 3.05) is 7.05 Å². The monoisotopic (exact) mass is 140 g/mol. The number of ketones is 1. The highest BCUT2D eigenvalue weighted by atomic mass is 16.1. The summed E-state index contributed by atoms with van der Waals surface area (Å²) in [7, 11) is 1.95. The van der Waals surface area contributed by atoms with Crippen LogP contribution in [0.1, 0.15) is 13.3 Å². The van der Waals surface area contributed by atoms with Crippen molar-refractivity contribution in [3.05, 3.63) is 12.7 Å². The van der Waals surface area contributed by atoms with Gasteiger partial charge in [-0.3, -0.25) is 4.79 Å². The highest BCUT2D eigenvalue weighted by Crippen LogP contribution is 2.40. The second kappa shape index (κ2) is 2.20. The van der Waals surface area contributed by atoms with Crippen LogP contribution in [0.2, 0.25) is 0 Å². The summed E-state index contributed by atoms with van der Waals surface area (Å²) in [4.78, 5) is 11.0. The molecule has 0 aromatic rings. The van der Waals surface area contributed by atoms with E-state index < -0.39 is 0 Å². The number of likely N-dealkylation sites (N-methyl/N-ethyl adjacent to an activating group) is 1. The Bertz CT molecular complexity index is 176. The zero-order valence-corrected chi connectivity index (χ0v) is 6.55. The van der Waals surface area contributed by atoms with Gasteiger partial charge >= 0.3 is 0 Å². The highest BCUT2D eigenvalue weighted by Gasteiger charge is 2.59. The molecule has 0 radical (unpaired) electrons. The average Bonchev–Trinajstić information content (AvgIpc) is 2.62. The van der Waals surface area contributed by atoms with E-state index in [1.807, 2.05) is 18.4 Å². The zero-order chi connectivity index (χ0) is 7.78. The predicted octanol–water partition coefficient (Wildman–Crippen LogP) is -0.287. The maximum Gasteiger partial charge on any atom is 0.190 e. The Labute approximate surface area is 61.3 Å². The first kappa shape index (κ1) is 7.48. The standard InChI is InChI=1S/C8H13NO/c1-4-7-5-8(7,9-3)6(2)10/h4,7,9H,1,5H2,2-3H3/p+1/t7-,8-/m0/s1. The molecule has 0 aliphatic heterocycles. The van der Waals surface area contributed by atoms with Crippen LogP contribution in [0.4, 0.5) is 0 Å². The molecule has 2 N–H and O–H groups in total. The third-order valence-corrected chi connectivity index (χ3v) is 2.51. The molecule has 0 saturated heterocycles. The van der Waals surface area contributed by atoms with E-state index in [4.69, 9.17) is 0 Å². The lowest BCUT2D eigenvalue weighted by molar-refractivity contribution is -0.665. The van der Waals surface area contributed by atoms with Crippen LogP contribution in [0.5, 0.6) is 0 Å². The lowest BCUT2D eigenvalue weighted by atomic mass is 10.1. The molecule has 2 heteroatoms. The Morgan fingerprint density at radius 2 is 2.50 bits per heavy atom. The van der Waals surface area contributed by atoms with E-state index in [2.05, 4.69) is 6.58 Å². The van der Waals surface area contributed by atoms with Crippen molar-refractivity contribution in [1.82, 2.24) is 0 Å². The van der Waals surface area contributed by atoms with Crippen LogP contribution in [0.25, 0.3) is 0 Å². The molecule has 0 spiro atoms. The van der Waals surface area contributed by atoms with E-state index >= 15 is 0 Å². The topological polar surface area (TPSA) is 33.7 Å². The molecule has 0 heterocycles. The van der Waals surface area contributed by atoms with Crippen molar-refractivity contribution in [3.63, 3.8) is 0 Å². The van der Waals surface area contributed by atoms with Crippen LogP contribution in [0.3, 0.4) is 0 Å². The number of Topliss-reactive ketones (excluding diaryl/α,β-unsaturated/α-hetero) is 1. The van der Waals surface area contributed by atoms with Gasteiger partial charge in [0.1, 0.15) is 0 Å². The molecule has 0 bridgehead atoms. The molecule has 0 unspecified atom stereocenters. The van der Waals surface area contributed by atoms with E-state index in [1.165, 1.54) is 0 Å². The van der Waals surface area contributed by atoms with E-state index in [-0.39, 0.29) is 11.3 Å². The summed E-state index contributed by atoms with van der Waals surface area (Å²) in [6, 6.07) is 0. The number of nitrogens with two attached hydrogens (primary N) is 1. The third kappa shape index (κ3) is 0.797. The number of carbonyl (C=O) groups excluding carboxylic acids is 1. The molecule has 2 nitrogen and oxygen atoms in total. The van der Waals surface area contributed by atoms with E-state index in [0.717, 1.165) is 6.42 Å². The van der Waals surface area contributed by atoms with Crippen LogP contribution < -0.4 is 5.32 Å². The first-order valence-electron chi connectivity index (χ1n) is 3.61. The van der Waals surface area contributed by atoms with Crippen molar-refractivity contribution in [1.29, 1.82) is 0 Å². The molecule has 1 aliphatic carbocycles. The van der Waals surface area contributed by atoms with E-state index in [0.29, 0.717) is 5.92 Å². The van der Waals surface area contributed by atoms with Gasteiger partial charge in [0, 0.05) is 19.3 Å². The first-order chi connectivity index (χ1) is 4.67. The maximum absolute atomic E-state index is 11.0. The minimum Gasteiger partial charge on any atom is -0.337 e. The number of hydrogen-bond donors (Lipinski definition) is 1. The Kier molecular flexibility index (Phi) is 1.65. The van der Waals surface area contributed by atoms with Gasteiger partial charge in [0.15, 0.2) is 11.3 Å². The summed E-state index contributed by atoms with van der Waals surface area (Å²) in [5, 5.41) is 2.00. The zero-order valence-electron chi connectivity index (χ0n) is 6.55. The van der Waals surface area contributed by atoms with Crippen LogP contribution in [-0.4, -0.2) is 18.4 Å². The SMILES string of the molecule is C=C[C@H]1C[C@]1([NH2+]C)C(C)=O. The molecule has 0 aromatic carbocycles. The fourth-order valence-corrected chi connectivity index (χ4v) is 1.54. The molecule has 1 saturated carbocycles. The third-order valence-electron chi connectivity index (χ3n) is 2.51. The second-order valence-corrected chi connectivity index (χ2v) is 2.93. The summed E-state index contributed by atoms with van der Waals surface area (Å²) >= 11 is 0. The normalized spacial score (nSPS) is 37.2. The number of rotatable bonds is 3. The van der Waals surface area contributed by atoms with Crippen molar-refractivity contribution in [2.24, 2.45) is 5.92 Å². The fourth-order valence-electron chi connectivity index (χ4n) is 1.54. The molecule has 0 amide bonds. The van der Waals surface area contributed by atoms with Gasteiger partial charge in [-0.05, 0) is 0 Å². The van der Waals surface area contributed by atoms with Crippen molar-refractivity contribution >= 4 is 5.78 Å². The minimum absolute atomic E-state index is 0.123. The quantitative estimate of drug-likeness (QED) is 0.537. The summed E-state index contributed by atoms with van der Waals surface area (Å²) < 4.78 is 0. The molecule has 1 aliphatic rings. The van der Waals surface area contributed by atoms with Crippen LogP contribution in [-0.2, 0) is 4.79 Å². The highest BCUT2D eigenvalue weighted by molar-refractivity contribution is 5.88. The van der Waals surface area contributed by atoms with Gasteiger partial charge in [0.25, 0.3) is 0 Å². The fraction of sp³-hybridized carbons (Fsp3) is 0.625. The molecular weight excluding hydrogens is 126 g/mol. The van der Waals surface area contributed by atoms with Gasteiger partial charge in [-0.1, -0.05) is 6.08 Å². The van der Waals surface area contributed by atoms with Gasteiger partial charge in [-0.2, -0.15) is 0 Å². The smallest absolute Gasteiger partial charge is 0.190 e. The molecular formula is C8H14NO+. The van der Waals surface area contributed by atoms with Gasteiger partial charge in [-0.25, -0.2) is 0 Å². The Morgan fingerprint density at radius 3 is 2.60 bits per heavy atom. The van der Waals surface area contributed by atoms with Crippen molar-refractivity contribution in [2.45, 2.75) is 18.9 Å². The van der Waals surface area contributed by atoms with Gasteiger partial charge < -0.3 is 5.32 Å². The maximum atomic E-state index is 11.0. The molecule has 2 atom stereocenters. The average molecular weight is 140 g/mol.